The molecule has 3 aromatic heterocycles. The van der Waals surface area contributed by atoms with Gasteiger partial charge in [-0.15, -0.1) is 11.3 Å². The summed E-state index contributed by atoms with van der Waals surface area (Å²) >= 11 is 1.21. The van der Waals surface area contributed by atoms with E-state index in [9.17, 15) is 19.5 Å². The second kappa shape index (κ2) is 8.38. The smallest absolute Gasteiger partial charge is 0.331 e. The molecule has 178 valence electrons. The minimum absolute atomic E-state index is 0.0131. The average Bonchev–Trinajstić information content (AvgIpc) is 3.51. The number of hydrogen-bond donors (Lipinski definition) is 2. The highest BCUT2D eigenvalue weighted by Gasteiger charge is 2.33. The van der Waals surface area contributed by atoms with Crippen molar-refractivity contribution in [2.24, 2.45) is 7.05 Å². The van der Waals surface area contributed by atoms with Crippen molar-refractivity contribution in [3.05, 3.63) is 55.5 Å². The van der Waals surface area contributed by atoms with Gasteiger partial charge in [0, 0.05) is 18.5 Å². The fourth-order valence-corrected chi connectivity index (χ4v) is 5.57. The highest BCUT2D eigenvalue weighted by Crippen LogP contribution is 2.33. The third-order valence-electron chi connectivity index (χ3n) is 5.92. The predicted molar refractivity (Wildman–Crippen MR) is 128 cm³/mol. The number of anilines is 1. The third kappa shape index (κ3) is 3.42. The molecule has 1 aliphatic rings. The van der Waals surface area contributed by atoms with E-state index in [1.165, 1.54) is 23.0 Å². The number of rotatable bonds is 5. The Balaban J connectivity index is 1.78. The summed E-state index contributed by atoms with van der Waals surface area (Å²) in [5.41, 5.74) is 6.84. The Labute approximate surface area is 197 Å². The van der Waals surface area contributed by atoms with E-state index < -0.39 is 23.3 Å². The number of carbonyl (C=O) groups excluding carboxylic acids is 1. The van der Waals surface area contributed by atoms with Gasteiger partial charge in [0.05, 0.1) is 35.1 Å². The summed E-state index contributed by atoms with van der Waals surface area (Å²) in [6, 6.07) is 7.44. The van der Waals surface area contributed by atoms with Crippen molar-refractivity contribution in [2.75, 3.05) is 18.9 Å². The number of thiophene rings is 1. The zero-order chi connectivity index (χ0) is 24.1. The highest BCUT2D eigenvalue weighted by molar-refractivity contribution is 7.19. The van der Waals surface area contributed by atoms with Crippen molar-refractivity contribution < 1.29 is 14.7 Å². The van der Waals surface area contributed by atoms with Crippen molar-refractivity contribution in [3.63, 3.8) is 0 Å². The van der Waals surface area contributed by atoms with Crippen LogP contribution in [-0.2, 0) is 25.0 Å². The maximum Gasteiger partial charge on any atom is 0.331 e. The summed E-state index contributed by atoms with van der Waals surface area (Å²) in [4.78, 5) is 50.5. The molecule has 0 saturated carbocycles. The standard InChI is InChI=1S/C22H24N6O5S/c1-3-8-26-20-17(18(30)25(2)22(26)32)16(19(31)28-9-12(29)11-33-28)15(34-20)10-27-14-7-5-4-6-13(14)24-21(27)23/h4-7,12,29H,3,8-11H2,1-2H3,(H2,23,24)/t12-/m0/s1. The maximum atomic E-state index is 13.6. The summed E-state index contributed by atoms with van der Waals surface area (Å²) in [6.07, 6.45) is -0.142. The van der Waals surface area contributed by atoms with Crippen molar-refractivity contribution in [1.29, 1.82) is 0 Å². The number of nitrogen functional groups attached to an aromatic ring is 1. The number of aliphatic hydroxyl groups is 1. The fourth-order valence-electron chi connectivity index (χ4n) is 4.28. The predicted octanol–water partition coefficient (Wildman–Crippen LogP) is 0.900. The van der Waals surface area contributed by atoms with Gasteiger partial charge in [-0.05, 0) is 18.6 Å². The van der Waals surface area contributed by atoms with E-state index >= 15 is 0 Å². The summed E-state index contributed by atoms with van der Waals surface area (Å²) in [5.74, 6) is -0.275. The Morgan fingerprint density at radius 2 is 2.06 bits per heavy atom. The van der Waals surface area contributed by atoms with Gasteiger partial charge in [-0.25, -0.2) is 14.8 Å². The topological polar surface area (TPSA) is 138 Å². The van der Waals surface area contributed by atoms with Gasteiger partial charge in [0.1, 0.15) is 17.5 Å². The lowest BCUT2D eigenvalue weighted by molar-refractivity contribution is -0.0778. The molecule has 1 aliphatic heterocycles. The molecule has 3 N–H and O–H groups in total. The third-order valence-corrected chi connectivity index (χ3v) is 7.11. The number of fused-ring (bicyclic) bond motifs is 2. The number of β-amino-alcohol motifs (C(OH)–C–C–N with tert-alkyl or cyclic N) is 1. The molecule has 34 heavy (non-hydrogen) atoms. The molecule has 11 nitrogen and oxygen atoms in total. The number of nitrogens with two attached hydrogens (primary N) is 1. The largest absolute Gasteiger partial charge is 0.389 e. The molecule has 4 aromatic rings. The van der Waals surface area contributed by atoms with E-state index in [2.05, 4.69) is 4.98 Å². The molecule has 0 aliphatic carbocycles. The number of imidazole rings is 1. The van der Waals surface area contributed by atoms with Crippen LogP contribution in [0.5, 0.6) is 0 Å². The van der Waals surface area contributed by atoms with Crippen LogP contribution in [0.25, 0.3) is 21.3 Å². The average molecular weight is 485 g/mol. The molecule has 0 spiro atoms. The zero-order valence-electron chi connectivity index (χ0n) is 18.7. The van der Waals surface area contributed by atoms with E-state index in [1.54, 1.807) is 4.57 Å². The van der Waals surface area contributed by atoms with E-state index in [4.69, 9.17) is 10.6 Å². The van der Waals surface area contributed by atoms with Crippen LogP contribution in [0, 0.1) is 0 Å². The number of aryl methyl sites for hydroxylation is 1. The first-order valence-electron chi connectivity index (χ1n) is 10.9. The molecule has 5 rings (SSSR count). The van der Waals surface area contributed by atoms with Crippen LogP contribution in [0.1, 0.15) is 28.6 Å². The number of para-hydroxylation sites is 2. The fraction of sp³-hybridized carbons (Fsp3) is 0.364. The van der Waals surface area contributed by atoms with Crippen LogP contribution < -0.4 is 17.0 Å². The molecule has 1 saturated heterocycles. The Hall–Kier alpha value is -3.48. The molecule has 0 unspecified atom stereocenters. The zero-order valence-corrected chi connectivity index (χ0v) is 19.5. The number of benzene rings is 1. The molecule has 1 amide bonds. The second-order valence-electron chi connectivity index (χ2n) is 8.24. The van der Waals surface area contributed by atoms with E-state index in [1.807, 2.05) is 31.2 Å². The molecule has 0 radical (unpaired) electrons. The molecular weight excluding hydrogens is 460 g/mol. The van der Waals surface area contributed by atoms with E-state index in [0.717, 1.165) is 15.1 Å². The molecular formula is C22H24N6O5S. The minimum atomic E-state index is -0.813. The highest BCUT2D eigenvalue weighted by atomic mass is 32.1. The van der Waals surface area contributed by atoms with Crippen LogP contribution in [0.15, 0.2) is 33.9 Å². The van der Waals surface area contributed by atoms with Crippen molar-refractivity contribution >= 4 is 44.4 Å². The number of carbonyl (C=O) groups is 1. The number of hydrogen-bond acceptors (Lipinski definition) is 8. The monoisotopic (exact) mass is 484 g/mol. The van der Waals surface area contributed by atoms with Crippen molar-refractivity contribution in [3.8, 4) is 0 Å². The summed E-state index contributed by atoms with van der Waals surface area (Å²) in [5, 5.41) is 11.1. The van der Waals surface area contributed by atoms with Crippen LogP contribution in [0.2, 0.25) is 0 Å². The van der Waals surface area contributed by atoms with Crippen LogP contribution in [0.3, 0.4) is 0 Å². The number of aliphatic hydroxyl groups excluding tert-OH is 1. The summed E-state index contributed by atoms with van der Waals surface area (Å²) < 4.78 is 4.31. The van der Waals surface area contributed by atoms with Gasteiger partial charge in [-0.3, -0.25) is 23.6 Å². The van der Waals surface area contributed by atoms with Gasteiger partial charge in [0.25, 0.3) is 11.5 Å². The number of aromatic nitrogens is 4. The van der Waals surface area contributed by atoms with Gasteiger partial charge in [-0.2, -0.15) is 0 Å². The number of nitrogens with zero attached hydrogens (tertiary/aromatic N) is 5. The van der Waals surface area contributed by atoms with Crippen molar-refractivity contribution in [1.82, 2.24) is 23.7 Å². The number of hydroxylamine groups is 2. The molecule has 1 aromatic carbocycles. The Bertz CT molecular complexity index is 1550. The quantitative estimate of drug-likeness (QED) is 0.429. The first-order valence-corrected chi connectivity index (χ1v) is 11.7. The lowest BCUT2D eigenvalue weighted by Crippen LogP contribution is -2.38. The van der Waals surface area contributed by atoms with Gasteiger partial charge in [0.2, 0.25) is 5.95 Å². The lowest BCUT2D eigenvalue weighted by atomic mass is 10.1. The van der Waals surface area contributed by atoms with E-state index in [0.29, 0.717) is 28.2 Å². The normalized spacial score (nSPS) is 16.2. The molecule has 12 heteroatoms. The first-order chi connectivity index (χ1) is 16.3. The lowest BCUT2D eigenvalue weighted by Gasteiger charge is -2.15. The molecule has 4 heterocycles. The minimum Gasteiger partial charge on any atom is -0.389 e. The Morgan fingerprint density at radius 3 is 2.76 bits per heavy atom. The Kier molecular flexibility index (Phi) is 5.50. The van der Waals surface area contributed by atoms with Crippen LogP contribution in [0.4, 0.5) is 5.95 Å². The first kappa shape index (κ1) is 22.3. The summed E-state index contributed by atoms with van der Waals surface area (Å²) in [7, 11) is 1.40. The molecule has 0 bridgehead atoms. The SMILES string of the molecule is CCCn1c(=O)n(C)c(=O)c2c(C(=O)N3C[C@H](O)CO3)c(Cn3c(N)nc4ccccc43)sc21. The maximum absolute atomic E-state index is 13.6. The van der Waals surface area contributed by atoms with Crippen LogP contribution in [-0.4, -0.2) is 54.0 Å². The summed E-state index contributed by atoms with van der Waals surface area (Å²) in [6.45, 7) is 2.47. The molecule has 1 atom stereocenters. The Morgan fingerprint density at radius 1 is 1.29 bits per heavy atom. The van der Waals surface area contributed by atoms with Gasteiger partial charge in [0.15, 0.2) is 0 Å². The van der Waals surface area contributed by atoms with Gasteiger partial charge in [-0.1, -0.05) is 19.1 Å². The second-order valence-corrected chi connectivity index (χ2v) is 9.32. The van der Waals surface area contributed by atoms with E-state index in [-0.39, 0.29) is 36.6 Å². The van der Waals surface area contributed by atoms with Gasteiger partial charge >= 0.3 is 5.69 Å². The van der Waals surface area contributed by atoms with Gasteiger partial charge < -0.3 is 15.4 Å². The van der Waals surface area contributed by atoms with Crippen LogP contribution >= 0.6 is 11.3 Å². The van der Waals surface area contributed by atoms with Crippen molar-refractivity contribution in [2.45, 2.75) is 32.5 Å². The number of amides is 1. The molecule has 1 fully saturated rings.